The van der Waals surface area contributed by atoms with Crippen LogP contribution in [0, 0.1) is 0 Å². The van der Waals surface area contributed by atoms with E-state index in [9.17, 15) is 22.8 Å². The molecule has 1 fully saturated rings. The van der Waals surface area contributed by atoms with Crippen LogP contribution in [0.25, 0.3) is 6.08 Å². The third kappa shape index (κ3) is 5.00. The van der Waals surface area contributed by atoms with Gasteiger partial charge in [0, 0.05) is 37.6 Å². The topological polar surface area (TPSA) is 117 Å². The number of imide groups is 1. The van der Waals surface area contributed by atoms with Crippen molar-refractivity contribution < 1.29 is 22.8 Å². The van der Waals surface area contributed by atoms with Crippen LogP contribution in [0.5, 0.6) is 0 Å². The van der Waals surface area contributed by atoms with Crippen LogP contribution in [-0.2, 0) is 21.2 Å². The Bertz CT molecular complexity index is 1520. The third-order valence-corrected chi connectivity index (χ3v) is 8.72. The van der Waals surface area contributed by atoms with Crippen LogP contribution in [0.2, 0.25) is 0 Å². The summed E-state index contributed by atoms with van der Waals surface area (Å²) in [5, 5.41) is 2.24. The number of carbonyl (C=O) groups is 3. The summed E-state index contributed by atoms with van der Waals surface area (Å²) in [5.74, 6) is -0.941. The molecule has 2 aliphatic rings. The van der Waals surface area contributed by atoms with Crippen molar-refractivity contribution in [1.82, 2.24) is 15.2 Å². The highest BCUT2D eigenvalue weighted by molar-refractivity contribution is 8.18. The molecule has 3 aromatic rings. The number of nitrogens with one attached hydrogen (secondary N) is 1. The summed E-state index contributed by atoms with van der Waals surface area (Å²) in [4.78, 5) is 43.1. The lowest BCUT2D eigenvalue weighted by Crippen LogP contribution is -2.37. The Labute approximate surface area is 218 Å². The van der Waals surface area contributed by atoms with Gasteiger partial charge in [-0.15, -0.1) is 0 Å². The van der Waals surface area contributed by atoms with E-state index in [0.717, 1.165) is 22.2 Å². The molecule has 11 heteroatoms. The summed E-state index contributed by atoms with van der Waals surface area (Å²) >= 11 is 0.830. The summed E-state index contributed by atoms with van der Waals surface area (Å²) < 4.78 is 27.9. The standard InChI is InChI=1S/C26H22N4O5S2/c31-24(28-12-14-29-25(32)23(36-26(29)33)15-18-5-4-11-27-17-18)20-7-3-8-21(16-20)37(34,35)30-13-10-19-6-1-2-9-22(19)30/h1-9,11,15-17H,10,12-14H2,(H,28,31). The van der Waals surface area contributed by atoms with E-state index >= 15 is 0 Å². The quantitative estimate of drug-likeness (QED) is 0.462. The van der Waals surface area contributed by atoms with Gasteiger partial charge in [-0.2, -0.15) is 0 Å². The largest absolute Gasteiger partial charge is 0.350 e. The van der Waals surface area contributed by atoms with Crippen molar-refractivity contribution in [2.75, 3.05) is 23.9 Å². The molecule has 2 aromatic carbocycles. The average Bonchev–Trinajstić information content (AvgIpc) is 3.46. The molecule has 3 heterocycles. The minimum Gasteiger partial charge on any atom is -0.350 e. The lowest BCUT2D eigenvalue weighted by molar-refractivity contribution is -0.122. The van der Waals surface area contributed by atoms with Crippen LogP contribution in [0.3, 0.4) is 0 Å². The molecular weight excluding hydrogens is 512 g/mol. The Hall–Kier alpha value is -3.96. The highest BCUT2D eigenvalue weighted by Crippen LogP contribution is 2.33. The van der Waals surface area contributed by atoms with Gasteiger partial charge in [-0.05, 0) is 65.7 Å². The zero-order valence-corrected chi connectivity index (χ0v) is 21.2. The van der Waals surface area contributed by atoms with Gasteiger partial charge in [0.05, 0.1) is 15.5 Å². The minimum absolute atomic E-state index is 0.0106. The predicted molar refractivity (Wildman–Crippen MR) is 140 cm³/mol. The van der Waals surface area contributed by atoms with E-state index in [4.69, 9.17) is 0 Å². The Balaban J connectivity index is 1.23. The van der Waals surface area contributed by atoms with Crippen LogP contribution in [0.15, 0.2) is 82.9 Å². The Morgan fingerprint density at radius 2 is 1.92 bits per heavy atom. The first-order chi connectivity index (χ1) is 17.8. The lowest BCUT2D eigenvalue weighted by atomic mass is 10.2. The molecule has 1 aromatic heterocycles. The van der Waals surface area contributed by atoms with Crippen molar-refractivity contribution in [3.8, 4) is 0 Å². The monoisotopic (exact) mass is 534 g/mol. The third-order valence-electron chi connectivity index (χ3n) is 6.01. The molecule has 2 aliphatic heterocycles. The Morgan fingerprint density at radius 3 is 2.73 bits per heavy atom. The first-order valence-electron chi connectivity index (χ1n) is 11.5. The molecule has 0 bridgehead atoms. The maximum atomic E-state index is 13.3. The van der Waals surface area contributed by atoms with Gasteiger partial charge in [0.25, 0.3) is 27.1 Å². The smallest absolute Gasteiger partial charge is 0.293 e. The maximum Gasteiger partial charge on any atom is 0.293 e. The molecule has 3 amide bonds. The molecule has 0 spiro atoms. The molecule has 1 saturated heterocycles. The van der Waals surface area contributed by atoms with E-state index in [1.807, 2.05) is 12.1 Å². The fraction of sp³-hybridized carbons (Fsp3) is 0.154. The van der Waals surface area contributed by atoms with E-state index in [0.29, 0.717) is 24.2 Å². The fourth-order valence-corrected chi connectivity index (χ4v) is 6.59. The van der Waals surface area contributed by atoms with Crippen LogP contribution in [0.1, 0.15) is 21.5 Å². The Morgan fingerprint density at radius 1 is 1.08 bits per heavy atom. The van der Waals surface area contributed by atoms with Crippen molar-refractivity contribution in [3.05, 3.63) is 94.7 Å². The number of fused-ring (bicyclic) bond motifs is 1. The normalized spacial score (nSPS) is 16.4. The minimum atomic E-state index is -3.85. The average molecular weight is 535 g/mol. The van der Waals surface area contributed by atoms with Gasteiger partial charge in [0.1, 0.15) is 0 Å². The van der Waals surface area contributed by atoms with Crippen molar-refractivity contribution in [2.45, 2.75) is 11.3 Å². The van der Waals surface area contributed by atoms with Crippen LogP contribution < -0.4 is 9.62 Å². The van der Waals surface area contributed by atoms with Crippen molar-refractivity contribution >= 4 is 50.6 Å². The molecule has 0 saturated carbocycles. The molecule has 37 heavy (non-hydrogen) atoms. The number of para-hydroxylation sites is 1. The number of hydrogen-bond donors (Lipinski definition) is 1. The summed E-state index contributed by atoms with van der Waals surface area (Å²) in [7, 11) is -3.85. The van der Waals surface area contributed by atoms with Gasteiger partial charge >= 0.3 is 0 Å². The SMILES string of the molecule is O=C(NCCN1C(=O)SC(=Cc2cccnc2)C1=O)c1cccc(S(=O)(=O)N2CCc3ccccc32)c1. The van der Waals surface area contributed by atoms with Gasteiger partial charge in [-0.1, -0.05) is 30.3 Å². The lowest BCUT2D eigenvalue weighted by Gasteiger charge is -2.20. The zero-order chi connectivity index (χ0) is 26.0. The van der Waals surface area contributed by atoms with Crippen LogP contribution in [0.4, 0.5) is 10.5 Å². The molecular formula is C26H22N4O5S2. The fourth-order valence-electron chi connectivity index (χ4n) is 4.17. The number of anilines is 1. The van der Waals surface area contributed by atoms with Crippen molar-refractivity contribution in [2.24, 2.45) is 0 Å². The molecule has 5 rings (SSSR count). The summed E-state index contributed by atoms with van der Waals surface area (Å²) in [6.07, 6.45) is 5.43. The number of sulfonamides is 1. The van der Waals surface area contributed by atoms with E-state index < -0.39 is 27.1 Å². The summed E-state index contributed by atoms with van der Waals surface area (Å²) in [5.41, 5.74) is 2.47. The van der Waals surface area contributed by atoms with Gasteiger partial charge in [-0.25, -0.2) is 8.42 Å². The summed E-state index contributed by atoms with van der Waals surface area (Å²) in [6.45, 7) is 0.349. The second-order valence-electron chi connectivity index (χ2n) is 8.36. The molecule has 1 N–H and O–H groups in total. The highest BCUT2D eigenvalue weighted by Gasteiger charge is 2.35. The highest BCUT2D eigenvalue weighted by atomic mass is 32.2. The number of pyridine rings is 1. The van der Waals surface area contributed by atoms with Gasteiger partial charge < -0.3 is 5.32 Å². The second kappa shape index (κ2) is 10.2. The predicted octanol–water partition coefficient (Wildman–Crippen LogP) is 3.30. The number of carbonyl (C=O) groups excluding carboxylic acids is 3. The first kappa shape index (κ1) is 24.7. The number of benzene rings is 2. The van der Waals surface area contributed by atoms with Gasteiger partial charge in [0.15, 0.2) is 0 Å². The second-order valence-corrected chi connectivity index (χ2v) is 11.2. The number of rotatable bonds is 7. The van der Waals surface area contributed by atoms with Gasteiger partial charge in [0.2, 0.25) is 0 Å². The number of hydrogen-bond acceptors (Lipinski definition) is 7. The molecule has 0 radical (unpaired) electrons. The van der Waals surface area contributed by atoms with E-state index in [1.54, 1.807) is 42.7 Å². The van der Waals surface area contributed by atoms with Crippen LogP contribution in [-0.4, -0.2) is 55.0 Å². The molecule has 0 aliphatic carbocycles. The van der Waals surface area contributed by atoms with Crippen molar-refractivity contribution in [3.63, 3.8) is 0 Å². The van der Waals surface area contributed by atoms with Crippen molar-refractivity contribution in [1.29, 1.82) is 0 Å². The van der Waals surface area contributed by atoms with Crippen LogP contribution >= 0.6 is 11.8 Å². The van der Waals surface area contributed by atoms with Gasteiger partial charge in [-0.3, -0.25) is 28.6 Å². The number of aromatic nitrogens is 1. The molecule has 9 nitrogen and oxygen atoms in total. The first-order valence-corrected chi connectivity index (χ1v) is 13.7. The maximum absolute atomic E-state index is 13.3. The van der Waals surface area contributed by atoms with E-state index in [2.05, 4.69) is 10.3 Å². The molecule has 0 atom stereocenters. The molecule has 0 unspecified atom stereocenters. The number of nitrogens with zero attached hydrogens (tertiary/aromatic N) is 3. The number of amides is 3. The zero-order valence-electron chi connectivity index (χ0n) is 19.5. The molecule has 188 valence electrons. The van der Waals surface area contributed by atoms with E-state index in [1.165, 1.54) is 28.6 Å². The Kier molecular flexibility index (Phi) is 6.81. The number of thioether (sulfide) groups is 1. The van der Waals surface area contributed by atoms with E-state index in [-0.39, 0.29) is 28.5 Å². The summed E-state index contributed by atoms with van der Waals surface area (Å²) in [6, 6.07) is 16.7.